The van der Waals surface area contributed by atoms with Crippen LogP contribution in [0.3, 0.4) is 0 Å². The molecule has 1 aromatic rings. The van der Waals surface area contributed by atoms with E-state index in [-0.39, 0.29) is 10.8 Å². The number of rotatable bonds is 4. The van der Waals surface area contributed by atoms with Crippen LogP contribution < -0.4 is 9.62 Å². The Bertz CT molecular complexity index is 701. The molecule has 1 saturated heterocycles. The summed E-state index contributed by atoms with van der Waals surface area (Å²) in [5, 5.41) is 0. The third kappa shape index (κ3) is 4.11. The third-order valence-electron chi connectivity index (χ3n) is 3.77. The molecule has 1 aromatic carbocycles. The van der Waals surface area contributed by atoms with E-state index >= 15 is 0 Å². The average molecular weight is 337 g/mol. The molecule has 126 valence electrons. The van der Waals surface area contributed by atoms with E-state index < -0.39 is 10.0 Å². The zero-order chi connectivity index (χ0) is 17.0. The molecule has 1 aliphatic rings. The number of piperazine rings is 1. The number of amides is 1. The first kappa shape index (κ1) is 17.5. The molecular formula is C16H23N3O3S. The minimum Gasteiger partial charge on any atom is -0.367 e. The van der Waals surface area contributed by atoms with Crippen LogP contribution in [0.2, 0.25) is 0 Å². The van der Waals surface area contributed by atoms with Gasteiger partial charge in [0.2, 0.25) is 15.9 Å². The molecule has 0 radical (unpaired) electrons. The van der Waals surface area contributed by atoms with Crippen molar-refractivity contribution in [3.63, 3.8) is 0 Å². The van der Waals surface area contributed by atoms with E-state index in [2.05, 4.69) is 4.72 Å². The van der Waals surface area contributed by atoms with Gasteiger partial charge in [-0.2, -0.15) is 0 Å². The fraction of sp³-hybridized carbons (Fsp3) is 0.438. The molecule has 1 N–H and O–H groups in total. The number of hydrogen-bond acceptors (Lipinski definition) is 4. The third-order valence-corrected chi connectivity index (χ3v) is 5.23. The van der Waals surface area contributed by atoms with E-state index in [1.165, 1.54) is 7.05 Å². The summed E-state index contributed by atoms with van der Waals surface area (Å²) in [6, 6.07) is 6.94. The topological polar surface area (TPSA) is 69.7 Å². The summed E-state index contributed by atoms with van der Waals surface area (Å²) in [5.74, 6) is 0.0146. The van der Waals surface area contributed by atoms with E-state index in [9.17, 15) is 13.2 Å². The highest BCUT2D eigenvalue weighted by Crippen LogP contribution is 2.25. The van der Waals surface area contributed by atoms with E-state index in [1.54, 1.807) is 29.2 Å². The smallest absolute Gasteiger partial charge is 0.246 e. The standard InChI is InChI=1S/C16H23N3O3S/c1-13(2)12-16(20)19-10-8-18(9-11-19)14-6-4-5-7-15(14)23(21,22)17-3/h4-7,12,17H,8-11H2,1-3H3. The summed E-state index contributed by atoms with van der Waals surface area (Å²) in [6.07, 6.45) is 1.63. The van der Waals surface area contributed by atoms with Gasteiger partial charge in [0.15, 0.2) is 0 Å². The maximum atomic E-state index is 12.1. The molecule has 0 spiro atoms. The van der Waals surface area contributed by atoms with Crippen LogP contribution in [0.25, 0.3) is 0 Å². The number of nitrogens with zero attached hydrogens (tertiary/aromatic N) is 2. The summed E-state index contributed by atoms with van der Waals surface area (Å²) in [4.78, 5) is 16.1. The van der Waals surface area contributed by atoms with Crippen LogP contribution in [0.1, 0.15) is 13.8 Å². The van der Waals surface area contributed by atoms with Crippen molar-refractivity contribution in [1.29, 1.82) is 0 Å². The predicted molar refractivity (Wildman–Crippen MR) is 90.9 cm³/mol. The largest absolute Gasteiger partial charge is 0.367 e. The molecule has 0 saturated carbocycles. The van der Waals surface area contributed by atoms with Crippen molar-refractivity contribution < 1.29 is 13.2 Å². The van der Waals surface area contributed by atoms with Crippen LogP contribution in [-0.4, -0.2) is 52.5 Å². The summed E-state index contributed by atoms with van der Waals surface area (Å²) in [7, 11) is -2.10. The van der Waals surface area contributed by atoms with E-state index in [0.29, 0.717) is 31.9 Å². The van der Waals surface area contributed by atoms with Crippen molar-refractivity contribution in [3.05, 3.63) is 35.9 Å². The van der Waals surface area contributed by atoms with Crippen molar-refractivity contribution >= 4 is 21.6 Å². The van der Waals surface area contributed by atoms with Crippen molar-refractivity contribution in [2.45, 2.75) is 18.7 Å². The van der Waals surface area contributed by atoms with Gasteiger partial charge in [-0.1, -0.05) is 17.7 Å². The van der Waals surface area contributed by atoms with Crippen LogP contribution in [0, 0.1) is 0 Å². The number of para-hydroxylation sites is 1. The van der Waals surface area contributed by atoms with E-state index in [0.717, 1.165) is 5.57 Å². The van der Waals surface area contributed by atoms with Gasteiger partial charge in [0.1, 0.15) is 4.90 Å². The predicted octanol–water partition coefficient (Wildman–Crippen LogP) is 1.21. The van der Waals surface area contributed by atoms with E-state index in [4.69, 9.17) is 0 Å². The Morgan fingerprint density at radius 2 is 1.74 bits per heavy atom. The molecule has 1 heterocycles. The first-order chi connectivity index (χ1) is 10.8. The van der Waals surface area contributed by atoms with Gasteiger partial charge in [0, 0.05) is 32.3 Å². The van der Waals surface area contributed by atoms with E-state index in [1.807, 2.05) is 24.8 Å². The summed E-state index contributed by atoms with van der Waals surface area (Å²) >= 11 is 0. The zero-order valence-corrected chi connectivity index (χ0v) is 14.6. The summed E-state index contributed by atoms with van der Waals surface area (Å²) in [5.41, 5.74) is 1.65. The molecule has 0 aromatic heterocycles. The van der Waals surface area contributed by atoms with Crippen molar-refractivity contribution in [1.82, 2.24) is 9.62 Å². The van der Waals surface area contributed by atoms with Gasteiger partial charge >= 0.3 is 0 Å². The number of nitrogens with one attached hydrogen (secondary N) is 1. The molecule has 7 heteroatoms. The van der Waals surface area contributed by atoms with Crippen molar-refractivity contribution in [2.75, 3.05) is 38.1 Å². The second kappa shape index (κ2) is 7.14. The SMILES string of the molecule is CNS(=O)(=O)c1ccccc1N1CCN(C(=O)C=C(C)C)CC1. The molecule has 1 aliphatic heterocycles. The molecular weight excluding hydrogens is 314 g/mol. The second-order valence-corrected chi connectivity index (χ2v) is 7.56. The molecule has 0 bridgehead atoms. The molecule has 1 amide bonds. The lowest BCUT2D eigenvalue weighted by Crippen LogP contribution is -2.48. The van der Waals surface area contributed by atoms with Crippen LogP contribution in [0.4, 0.5) is 5.69 Å². The number of benzene rings is 1. The van der Waals surface area contributed by atoms with Gasteiger partial charge < -0.3 is 9.80 Å². The second-order valence-electron chi connectivity index (χ2n) is 5.71. The van der Waals surface area contributed by atoms with Gasteiger partial charge in [-0.3, -0.25) is 4.79 Å². The summed E-state index contributed by atoms with van der Waals surface area (Å²) < 4.78 is 26.7. The molecule has 0 aliphatic carbocycles. The lowest BCUT2D eigenvalue weighted by molar-refractivity contribution is -0.126. The van der Waals surface area contributed by atoms with Gasteiger partial charge in [0.05, 0.1) is 5.69 Å². The Balaban J connectivity index is 2.16. The van der Waals surface area contributed by atoms with Crippen molar-refractivity contribution in [3.8, 4) is 0 Å². The lowest BCUT2D eigenvalue weighted by atomic mass is 10.2. The maximum Gasteiger partial charge on any atom is 0.246 e. The Hall–Kier alpha value is -1.86. The highest BCUT2D eigenvalue weighted by Gasteiger charge is 2.24. The van der Waals surface area contributed by atoms with Gasteiger partial charge in [-0.25, -0.2) is 13.1 Å². The monoisotopic (exact) mass is 337 g/mol. The Kier molecular flexibility index (Phi) is 5.43. The van der Waals surface area contributed by atoms with Gasteiger partial charge in [0.25, 0.3) is 0 Å². The van der Waals surface area contributed by atoms with Crippen LogP contribution in [0.15, 0.2) is 40.8 Å². The Morgan fingerprint density at radius 1 is 1.13 bits per heavy atom. The number of sulfonamides is 1. The first-order valence-corrected chi connectivity index (χ1v) is 9.05. The zero-order valence-electron chi connectivity index (χ0n) is 13.7. The number of hydrogen-bond donors (Lipinski definition) is 1. The molecule has 0 unspecified atom stereocenters. The molecule has 1 fully saturated rings. The Morgan fingerprint density at radius 3 is 2.30 bits per heavy atom. The minimum atomic E-state index is -3.51. The number of allylic oxidation sites excluding steroid dienone is 1. The van der Waals surface area contributed by atoms with Crippen molar-refractivity contribution in [2.24, 2.45) is 0 Å². The van der Waals surface area contributed by atoms with Crippen LogP contribution >= 0.6 is 0 Å². The maximum absolute atomic E-state index is 12.1. The Labute approximate surface area is 137 Å². The highest BCUT2D eigenvalue weighted by molar-refractivity contribution is 7.89. The fourth-order valence-corrected chi connectivity index (χ4v) is 3.51. The van der Waals surface area contributed by atoms with Gasteiger partial charge in [-0.05, 0) is 33.0 Å². The molecule has 23 heavy (non-hydrogen) atoms. The lowest BCUT2D eigenvalue weighted by Gasteiger charge is -2.36. The molecule has 2 rings (SSSR count). The van der Waals surface area contributed by atoms with Crippen LogP contribution in [-0.2, 0) is 14.8 Å². The normalized spacial score (nSPS) is 15.4. The molecule has 6 nitrogen and oxygen atoms in total. The average Bonchev–Trinajstić information content (AvgIpc) is 2.54. The fourth-order valence-electron chi connectivity index (χ4n) is 2.56. The quantitative estimate of drug-likeness (QED) is 0.839. The van der Waals surface area contributed by atoms with Gasteiger partial charge in [-0.15, -0.1) is 0 Å². The number of anilines is 1. The molecule has 0 atom stereocenters. The highest BCUT2D eigenvalue weighted by atomic mass is 32.2. The summed E-state index contributed by atoms with van der Waals surface area (Å²) in [6.45, 7) is 6.17. The minimum absolute atomic E-state index is 0.0146. The number of carbonyl (C=O) groups is 1. The first-order valence-electron chi connectivity index (χ1n) is 7.56. The van der Waals surface area contributed by atoms with Crippen LogP contribution in [0.5, 0.6) is 0 Å². The number of carbonyl (C=O) groups excluding carboxylic acids is 1.